The van der Waals surface area contributed by atoms with Crippen LogP contribution in [0.25, 0.3) is 0 Å². The Morgan fingerprint density at radius 1 is 1.42 bits per heavy atom. The normalized spacial score (nSPS) is 18.6. The maximum Gasteiger partial charge on any atom is 0.242 e. The molecule has 2 atom stereocenters. The molecular formula is C18H26N6O2. The van der Waals surface area contributed by atoms with Crippen LogP contribution in [0.15, 0.2) is 30.7 Å². The van der Waals surface area contributed by atoms with Gasteiger partial charge in [0.1, 0.15) is 11.9 Å². The van der Waals surface area contributed by atoms with Crippen LogP contribution in [-0.2, 0) is 23.1 Å². The van der Waals surface area contributed by atoms with Crippen LogP contribution in [0.2, 0.25) is 0 Å². The molecule has 140 valence electrons. The van der Waals surface area contributed by atoms with Crippen LogP contribution >= 0.6 is 0 Å². The van der Waals surface area contributed by atoms with E-state index < -0.39 is 6.04 Å². The standard InChI is InChI=1S/C18H26N6O2/c1-13-11-24(6-7-26-13)16-5-4-14(8-20-16)9-21-18(25)17(19-2)15-10-22-23(3)12-15/h4-5,8,10,12-13,17,19H,6-7,9,11H2,1-3H3,(H,21,25). The number of hydrogen-bond acceptors (Lipinski definition) is 6. The Morgan fingerprint density at radius 2 is 2.27 bits per heavy atom. The first-order valence-corrected chi connectivity index (χ1v) is 8.82. The quantitative estimate of drug-likeness (QED) is 0.787. The molecule has 0 bridgehead atoms. The molecule has 0 aliphatic carbocycles. The van der Waals surface area contributed by atoms with Crippen molar-refractivity contribution >= 4 is 11.7 Å². The molecule has 8 nitrogen and oxygen atoms in total. The molecule has 3 heterocycles. The van der Waals surface area contributed by atoms with E-state index in [9.17, 15) is 4.79 Å². The summed E-state index contributed by atoms with van der Waals surface area (Å²) in [6.45, 7) is 4.92. The SMILES string of the molecule is CNC(C(=O)NCc1ccc(N2CCOC(C)C2)nc1)c1cnn(C)c1. The largest absolute Gasteiger partial charge is 0.375 e. The van der Waals surface area contributed by atoms with Crippen LogP contribution in [-0.4, -0.2) is 53.5 Å². The summed E-state index contributed by atoms with van der Waals surface area (Å²) in [5, 5.41) is 10.1. The Hall–Kier alpha value is -2.45. The van der Waals surface area contributed by atoms with E-state index in [0.717, 1.165) is 36.6 Å². The number of pyridine rings is 1. The highest BCUT2D eigenvalue weighted by molar-refractivity contribution is 5.83. The minimum atomic E-state index is -0.425. The summed E-state index contributed by atoms with van der Waals surface area (Å²) in [7, 11) is 3.59. The monoisotopic (exact) mass is 358 g/mol. The zero-order valence-corrected chi connectivity index (χ0v) is 15.5. The van der Waals surface area contributed by atoms with E-state index in [1.54, 1.807) is 17.9 Å². The van der Waals surface area contributed by atoms with Crippen molar-refractivity contribution < 1.29 is 9.53 Å². The second-order valence-electron chi connectivity index (χ2n) is 6.54. The zero-order valence-electron chi connectivity index (χ0n) is 15.5. The van der Waals surface area contributed by atoms with Gasteiger partial charge in [-0.3, -0.25) is 9.48 Å². The topological polar surface area (TPSA) is 84.3 Å². The Balaban J connectivity index is 1.56. The Morgan fingerprint density at radius 3 is 2.88 bits per heavy atom. The summed E-state index contributed by atoms with van der Waals surface area (Å²) in [5.41, 5.74) is 1.80. The number of likely N-dealkylation sites (N-methyl/N-ethyl adjacent to an activating group) is 1. The number of carbonyl (C=O) groups is 1. The van der Waals surface area contributed by atoms with Gasteiger partial charge in [-0.15, -0.1) is 0 Å². The molecule has 8 heteroatoms. The van der Waals surface area contributed by atoms with Crippen LogP contribution in [0.5, 0.6) is 0 Å². The molecule has 1 aliphatic rings. The highest BCUT2D eigenvalue weighted by atomic mass is 16.5. The number of aromatic nitrogens is 3. The highest BCUT2D eigenvalue weighted by Gasteiger charge is 2.20. The summed E-state index contributed by atoms with van der Waals surface area (Å²) in [6.07, 6.45) is 5.56. The number of amides is 1. The Bertz CT molecular complexity index is 730. The fourth-order valence-corrected chi connectivity index (χ4v) is 3.06. The van der Waals surface area contributed by atoms with Gasteiger partial charge in [-0.2, -0.15) is 5.10 Å². The molecule has 1 amide bonds. The first-order chi connectivity index (χ1) is 12.6. The van der Waals surface area contributed by atoms with Gasteiger partial charge in [0.15, 0.2) is 0 Å². The molecule has 2 aromatic heterocycles. The van der Waals surface area contributed by atoms with Crippen molar-refractivity contribution in [2.75, 3.05) is 31.6 Å². The van der Waals surface area contributed by atoms with Crippen molar-refractivity contribution in [2.45, 2.75) is 25.6 Å². The van der Waals surface area contributed by atoms with Crippen molar-refractivity contribution in [1.82, 2.24) is 25.4 Å². The van der Waals surface area contributed by atoms with E-state index in [-0.39, 0.29) is 12.0 Å². The average molecular weight is 358 g/mol. The fourth-order valence-electron chi connectivity index (χ4n) is 3.06. The molecule has 0 saturated carbocycles. The third-order valence-electron chi connectivity index (χ3n) is 4.45. The first kappa shape index (κ1) is 18.3. The van der Waals surface area contributed by atoms with E-state index in [1.807, 2.05) is 31.6 Å². The summed E-state index contributed by atoms with van der Waals surface area (Å²) < 4.78 is 7.24. The summed E-state index contributed by atoms with van der Waals surface area (Å²) >= 11 is 0. The van der Waals surface area contributed by atoms with Crippen molar-refractivity contribution in [2.24, 2.45) is 7.05 Å². The van der Waals surface area contributed by atoms with E-state index in [0.29, 0.717) is 6.54 Å². The number of morpholine rings is 1. The van der Waals surface area contributed by atoms with Gasteiger partial charge in [0.25, 0.3) is 0 Å². The van der Waals surface area contributed by atoms with Gasteiger partial charge in [0, 0.05) is 44.6 Å². The van der Waals surface area contributed by atoms with E-state index in [2.05, 4.69) is 32.5 Å². The van der Waals surface area contributed by atoms with Gasteiger partial charge < -0.3 is 20.3 Å². The molecule has 2 unspecified atom stereocenters. The first-order valence-electron chi connectivity index (χ1n) is 8.82. The molecule has 2 aromatic rings. The minimum Gasteiger partial charge on any atom is -0.375 e. The number of rotatable bonds is 6. The van der Waals surface area contributed by atoms with Crippen molar-refractivity contribution in [3.05, 3.63) is 41.9 Å². The van der Waals surface area contributed by atoms with Gasteiger partial charge in [-0.1, -0.05) is 6.07 Å². The molecule has 0 spiro atoms. The molecule has 26 heavy (non-hydrogen) atoms. The number of aryl methyl sites for hydroxylation is 1. The summed E-state index contributed by atoms with van der Waals surface area (Å²) in [4.78, 5) is 19.2. The zero-order chi connectivity index (χ0) is 18.5. The van der Waals surface area contributed by atoms with Crippen LogP contribution in [0.4, 0.5) is 5.82 Å². The van der Waals surface area contributed by atoms with E-state index in [1.165, 1.54) is 0 Å². The Labute approximate surface area is 153 Å². The molecular weight excluding hydrogens is 332 g/mol. The fraction of sp³-hybridized carbons (Fsp3) is 0.500. The predicted octanol–water partition coefficient (Wildman–Crippen LogP) is 0.617. The maximum atomic E-state index is 12.5. The number of hydrogen-bond donors (Lipinski definition) is 2. The van der Waals surface area contributed by atoms with Crippen molar-refractivity contribution in [3.63, 3.8) is 0 Å². The van der Waals surface area contributed by atoms with Crippen LogP contribution < -0.4 is 15.5 Å². The lowest BCUT2D eigenvalue weighted by Crippen LogP contribution is -2.41. The van der Waals surface area contributed by atoms with Gasteiger partial charge >= 0.3 is 0 Å². The molecule has 0 aromatic carbocycles. The highest BCUT2D eigenvalue weighted by Crippen LogP contribution is 2.16. The van der Waals surface area contributed by atoms with E-state index >= 15 is 0 Å². The van der Waals surface area contributed by atoms with Gasteiger partial charge in [-0.25, -0.2) is 4.98 Å². The van der Waals surface area contributed by atoms with Crippen LogP contribution in [0, 0.1) is 0 Å². The lowest BCUT2D eigenvalue weighted by molar-refractivity contribution is -0.123. The summed E-state index contributed by atoms with van der Waals surface area (Å²) in [5.74, 6) is 0.852. The third-order valence-corrected chi connectivity index (χ3v) is 4.45. The third kappa shape index (κ3) is 4.39. The van der Waals surface area contributed by atoms with E-state index in [4.69, 9.17) is 4.74 Å². The minimum absolute atomic E-state index is 0.0911. The molecule has 1 saturated heterocycles. The Kier molecular flexibility index (Phi) is 5.85. The van der Waals surface area contributed by atoms with Crippen molar-refractivity contribution in [1.29, 1.82) is 0 Å². The van der Waals surface area contributed by atoms with Crippen LogP contribution in [0.3, 0.4) is 0 Å². The molecule has 1 aliphatic heterocycles. The molecule has 3 rings (SSSR count). The van der Waals surface area contributed by atoms with Gasteiger partial charge in [-0.05, 0) is 25.6 Å². The number of nitrogens with one attached hydrogen (secondary N) is 2. The molecule has 0 radical (unpaired) electrons. The smallest absolute Gasteiger partial charge is 0.242 e. The number of carbonyl (C=O) groups excluding carboxylic acids is 1. The second-order valence-corrected chi connectivity index (χ2v) is 6.54. The summed E-state index contributed by atoms with van der Waals surface area (Å²) in [6, 6.07) is 3.57. The van der Waals surface area contributed by atoms with Crippen LogP contribution in [0.1, 0.15) is 24.1 Å². The lowest BCUT2D eigenvalue weighted by Gasteiger charge is -2.32. The lowest BCUT2D eigenvalue weighted by atomic mass is 10.1. The second kappa shape index (κ2) is 8.29. The van der Waals surface area contributed by atoms with Gasteiger partial charge in [0.2, 0.25) is 5.91 Å². The average Bonchev–Trinajstić information content (AvgIpc) is 3.07. The number of ether oxygens (including phenoxy) is 1. The molecule has 2 N–H and O–H groups in total. The van der Waals surface area contributed by atoms with Gasteiger partial charge in [0.05, 0.1) is 18.9 Å². The number of nitrogens with zero attached hydrogens (tertiary/aromatic N) is 4. The number of anilines is 1. The maximum absolute atomic E-state index is 12.5. The van der Waals surface area contributed by atoms with Crippen molar-refractivity contribution in [3.8, 4) is 0 Å². The molecule has 1 fully saturated rings. The predicted molar refractivity (Wildman–Crippen MR) is 98.7 cm³/mol.